The summed E-state index contributed by atoms with van der Waals surface area (Å²) in [5.74, 6) is 0.486. The number of carbonyl (C=O) groups excluding carboxylic acids is 1. The zero-order valence-corrected chi connectivity index (χ0v) is 19.4. The molecule has 0 aliphatic rings. The molecule has 10 heteroatoms. The van der Waals surface area contributed by atoms with Crippen molar-refractivity contribution in [1.29, 1.82) is 0 Å². The van der Waals surface area contributed by atoms with E-state index in [1.807, 2.05) is 38.1 Å². The summed E-state index contributed by atoms with van der Waals surface area (Å²) in [6, 6.07) is 15.8. The van der Waals surface area contributed by atoms with Crippen LogP contribution in [0.25, 0.3) is 5.69 Å². The Morgan fingerprint density at radius 1 is 1.11 bits per heavy atom. The highest BCUT2D eigenvalue weighted by atomic mass is 19.4. The van der Waals surface area contributed by atoms with Crippen molar-refractivity contribution >= 4 is 11.7 Å². The molecule has 3 aromatic rings. The highest BCUT2D eigenvalue weighted by molar-refractivity contribution is 5.91. The Balaban J connectivity index is 1.67. The molecule has 0 radical (unpaired) electrons. The number of urea groups is 1. The molecular weight excluding hydrogens is 461 g/mol. The Labute approximate surface area is 200 Å². The van der Waals surface area contributed by atoms with Gasteiger partial charge < -0.3 is 20.1 Å². The third-order valence-electron chi connectivity index (χ3n) is 4.67. The number of alkyl halides is 3. The van der Waals surface area contributed by atoms with Gasteiger partial charge in [0.25, 0.3) is 0 Å². The van der Waals surface area contributed by atoms with Crippen molar-refractivity contribution in [1.82, 2.24) is 15.1 Å². The normalized spacial score (nSPS) is 12.0. The zero-order valence-electron chi connectivity index (χ0n) is 19.4. The number of rotatable bonds is 8. The second kappa shape index (κ2) is 11.3. The van der Waals surface area contributed by atoms with Crippen LogP contribution in [0, 0.1) is 13.8 Å². The Morgan fingerprint density at radius 3 is 2.54 bits per heavy atom. The largest absolute Gasteiger partial charge is 0.573 e. The van der Waals surface area contributed by atoms with Gasteiger partial charge in [0.2, 0.25) is 5.88 Å². The Morgan fingerprint density at radius 2 is 1.83 bits per heavy atom. The molecule has 1 aromatic heterocycles. The highest BCUT2D eigenvalue weighted by Crippen LogP contribution is 2.31. The first-order valence-corrected chi connectivity index (χ1v) is 10.7. The van der Waals surface area contributed by atoms with E-state index in [1.54, 1.807) is 35.0 Å². The van der Waals surface area contributed by atoms with Crippen LogP contribution in [0.1, 0.15) is 18.2 Å². The van der Waals surface area contributed by atoms with Gasteiger partial charge in [0.15, 0.2) is 5.75 Å². The molecule has 3 rings (SSSR count). The fraction of sp³-hybridized carbons (Fsp3) is 0.200. The van der Waals surface area contributed by atoms with Crippen LogP contribution in [-0.2, 0) is 4.74 Å². The molecular formula is C25H25F3N4O3. The van der Waals surface area contributed by atoms with Crippen LogP contribution in [-0.4, -0.2) is 28.7 Å². The Hall–Kier alpha value is -4.21. The quantitative estimate of drug-likeness (QED) is 0.285. The molecule has 0 spiro atoms. The summed E-state index contributed by atoms with van der Waals surface area (Å²) in [6.45, 7) is 5.21. The van der Waals surface area contributed by atoms with Gasteiger partial charge in [-0.05, 0) is 56.7 Å². The van der Waals surface area contributed by atoms with Gasteiger partial charge in [-0.1, -0.05) is 36.4 Å². The van der Waals surface area contributed by atoms with Crippen LogP contribution < -0.4 is 15.4 Å². The highest BCUT2D eigenvalue weighted by Gasteiger charge is 2.31. The first kappa shape index (κ1) is 25.4. The van der Waals surface area contributed by atoms with Crippen LogP contribution in [0.3, 0.4) is 0 Å². The lowest BCUT2D eigenvalue weighted by atomic mass is 10.2. The monoisotopic (exact) mass is 486 g/mol. The zero-order chi connectivity index (χ0) is 25.4. The molecule has 0 aliphatic carbocycles. The molecule has 184 valence electrons. The number of carbonyl (C=O) groups is 1. The van der Waals surface area contributed by atoms with Gasteiger partial charge in [-0.25, -0.2) is 9.48 Å². The van der Waals surface area contributed by atoms with Crippen molar-refractivity contribution in [2.45, 2.75) is 27.1 Å². The van der Waals surface area contributed by atoms with E-state index in [-0.39, 0.29) is 12.3 Å². The van der Waals surface area contributed by atoms with E-state index < -0.39 is 12.4 Å². The first-order chi connectivity index (χ1) is 16.7. The second-order valence-electron chi connectivity index (χ2n) is 7.40. The Bertz CT molecular complexity index is 1230. The van der Waals surface area contributed by atoms with Crippen LogP contribution >= 0.6 is 0 Å². The molecule has 7 nitrogen and oxygen atoms in total. The lowest BCUT2D eigenvalue weighted by Crippen LogP contribution is -2.28. The standard InChI is InChI=1S/C25H25F3N4O3/c1-4-19(35-25(26,27)28)11-9-15-29-24(33)30-20-12-6-8-14-22(20)34-23-16-18(3)31-32(23)21-13-7-5-10-17(21)2/h4-14,16H,15H2,1-3H3,(H2,29,30,33)/b11-9-,19-4+. The third kappa shape index (κ3) is 7.39. The SMILES string of the molecule is C/C=C(\C=C/CNC(=O)Nc1ccccc1Oc1cc(C)nn1-c1ccccc1C)OC(F)(F)F. The molecule has 0 bridgehead atoms. The molecule has 0 aliphatic heterocycles. The van der Waals surface area contributed by atoms with Crippen molar-refractivity contribution in [3.8, 4) is 17.3 Å². The second-order valence-corrected chi connectivity index (χ2v) is 7.40. The number of aromatic nitrogens is 2. The molecule has 0 saturated heterocycles. The Kier molecular flexibility index (Phi) is 8.19. The van der Waals surface area contributed by atoms with E-state index in [0.29, 0.717) is 17.3 Å². The van der Waals surface area contributed by atoms with Gasteiger partial charge in [-0.3, -0.25) is 0 Å². The van der Waals surface area contributed by atoms with Gasteiger partial charge in [0.05, 0.1) is 17.1 Å². The van der Waals surface area contributed by atoms with E-state index in [4.69, 9.17) is 4.74 Å². The van der Waals surface area contributed by atoms with Crippen molar-refractivity contribution in [2.24, 2.45) is 0 Å². The number of allylic oxidation sites excluding steroid dienone is 2. The topological polar surface area (TPSA) is 77.4 Å². The number of hydrogen-bond donors (Lipinski definition) is 2. The number of amides is 2. The maximum absolute atomic E-state index is 12.3. The van der Waals surface area contributed by atoms with Gasteiger partial charge in [-0.2, -0.15) is 5.10 Å². The minimum absolute atomic E-state index is 0.0212. The number of aryl methyl sites for hydroxylation is 2. The molecule has 2 amide bonds. The average Bonchev–Trinajstić information content (AvgIpc) is 3.16. The predicted octanol–water partition coefficient (Wildman–Crippen LogP) is 6.40. The summed E-state index contributed by atoms with van der Waals surface area (Å²) >= 11 is 0. The van der Waals surface area contributed by atoms with Crippen LogP contribution in [0.4, 0.5) is 23.7 Å². The molecule has 2 N–H and O–H groups in total. The molecule has 0 unspecified atom stereocenters. The van der Waals surface area contributed by atoms with Gasteiger partial charge in [0.1, 0.15) is 5.76 Å². The molecule has 35 heavy (non-hydrogen) atoms. The maximum atomic E-state index is 12.3. The smallest absolute Gasteiger partial charge is 0.437 e. The fourth-order valence-corrected chi connectivity index (χ4v) is 3.11. The number of ether oxygens (including phenoxy) is 2. The number of hydrogen-bond acceptors (Lipinski definition) is 4. The number of benzene rings is 2. The molecule has 2 aromatic carbocycles. The van der Waals surface area contributed by atoms with E-state index >= 15 is 0 Å². The van der Waals surface area contributed by atoms with Crippen molar-refractivity contribution in [3.63, 3.8) is 0 Å². The van der Waals surface area contributed by atoms with Crippen molar-refractivity contribution < 1.29 is 27.4 Å². The number of halogens is 3. The van der Waals surface area contributed by atoms with Crippen molar-refractivity contribution in [2.75, 3.05) is 11.9 Å². The molecule has 0 atom stereocenters. The van der Waals surface area contributed by atoms with E-state index in [1.165, 1.54) is 19.1 Å². The lowest BCUT2D eigenvalue weighted by molar-refractivity contribution is -0.303. The lowest BCUT2D eigenvalue weighted by Gasteiger charge is -2.14. The number of nitrogens with one attached hydrogen (secondary N) is 2. The summed E-state index contributed by atoms with van der Waals surface area (Å²) in [4.78, 5) is 12.3. The van der Waals surface area contributed by atoms with Crippen LogP contribution in [0.15, 0.2) is 78.6 Å². The molecule has 0 saturated carbocycles. The minimum atomic E-state index is -4.78. The first-order valence-electron chi connectivity index (χ1n) is 10.7. The third-order valence-corrected chi connectivity index (χ3v) is 4.67. The van der Waals surface area contributed by atoms with Gasteiger partial charge in [-0.15, -0.1) is 13.2 Å². The number of nitrogens with zero attached hydrogens (tertiary/aromatic N) is 2. The number of anilines is 1. The van der Waals surface area contributed by atoms with Crippen molar-refractivity contribution in [3.05, 3.63) is 89.8 Å². The van der Waals surface area contributed by atoms with E-state index in [0.717, 1.165) is 23.0 Å². The molecule has 1 heterocycles. The predicted molar refractivity (Wildman–Crippen MR) is 127 cm³/mol. The van der Waals surface area contributed by atoms with Crippen LogP contribution in [0.2, 0.25) is 0 Å². The summed E-state index contributed by atoms with van der Waals surface area (Å²) in [7, 11) is 0. The fourth-order valence-electron chi connectivity index (χ4n) is 3.11. The number of para-hydroxylation sites is 3. The molecule has 0 fully saturated rings. The maximum Gasteiger partial charge on any atom is 0.573 e. The average molecular weight is 486 g/mol. The summed E-state index contributed by atoms with van der Waals surface area (Å²) in [6.07, 6.45) is -1.15. The minimum Gasteiger partial charge on any atom is -0.437 e. The van der Waals surface area contributed by atoms with Crippen LogP contribution in [0.5, 0.6) is 11.6 Å². The summed E-state index contributed by atoms with van der Waals surface area (Å²) in [5, 5.41) is 9.74. The summed E-state index contributed by atoms with van der Waals surface area (Å²) in [5.41, 5.74) is 3.04. The summed E-state index contributed by atoms with van der Waals surface area (Å²) < 4.78 is 48.6. The van der Waals surface area contributed by atoms with Gasteiger partial charge in [0, 0.05) is 12.6 Å². The van der Waals surface area contributed by atoms with Gasteiger partial charge >= 0.3 is 12.4 Å². The van der Waals surface area contributed by atoms with E-state index in [2.05, 4.69) is 20.5 Å². The van der Waals surface area contributed by atoms with E-state index in [9.17, 15) is 18.0 Å².